The van der Waals surface area contributed by atoms with E-state index in [2.05, 4.69) is 26.0 Å². The summed E-state index contributed by atoms with van der Waals surface area (Å²) in [6.07, 6.45) is 5.15. The van der Waals surface area contributed by atoms with Gasteiger partial charge in [-0.1, -0.05) is 32.0 Å². The van der Waals surface area contributed by atoms with Crippen LogP contribution in [-0.4, -0.2) is 32.7 Å². The van der Waals surface area contributed by atoms with Crippen molar-refractivity contribution in [3.05, 3.63) is 72.7 Å². The first-order chi connectivity index (χ1) is 14.0. The normalized spacial score (nSPS) is 11.7. The van der Waals surface area contributed by atoms with Crippen molar-refractivity contribution in [2.45, 2.75) is 26.4 Å². The maximum atomic E-state index is 12.7. The SMILES string of the molecule is CC(C)[C@H](NC(=O)Nc1ccccc1)C(=O)NCc1ccnc(-n2cccn2)c1. The fourth-order valence-corrected chi connectivity index (χ4v) is 2.76. The van der Waals surface area contributed by atoms with E-state index in [4.69, 9.17) is 0 Å². The number of nitrogens with one attached hydrogen (secondary N) is 3. The van der Waals surface area contributed by atoms with Crippen LogP contribution >= 0.6 is 0 Å². The van der Waals surface area contributed by atoms with E-state index in [1.807, 2.05) is 50.2 Å². The predicted molar refractivity (Wildman–Crippen MR) is 110 cm³/mol. The number of anilines is 1. The molecule has 3 N–H and O–H groups in total. The molecule has 0 radical (unpaired) electrons. The van der Waals surface area contributed by atoms with Gasteiger partial charge in [0.15, 0.2) is 5.82 Å². The Balaban J connectivity index is 1.58. The van der Waals surface area contributed by atoms with Gasteiger partial charge in [-0.25, -0.2) is 14.5 Å². The predicted octanol–water partition coefficient (Wildman–Crippen LogP) is 2.73. The van der Waals surface area contributed by atoms with Crippen molar-refractivity contribution in [3.63, 3.8) is 0 Å². The average Bonchev–Trinajstić information content (AvgIpc) is 3.26. The summed E-state index contributed by atoms with van der Waals surface area (Å²) in [6.45, 7) is 4.09. The van der Waals surface area contributed by atoms with E-state index in [9.17, 15) is 9.59 Å². The highest BCUT2D eigenvalue weighted by Crippen LogP contribution is 2.09. The Bertz CT molecular complexity index is 941. The molecule has 8 nitrogen and oxygen atoms in total. The number of amides is 3. The summed E-state index contributed by atoms with van der Waals surface area (Å²) in [6, 6.07) is 13.5. The molecule has 0 aliphatic carbocycles. The Labute approximate surface area is 169 Å². The molecule has 0 saturated heterocycles. The summed E-state index contributed by atoms with van der Waals surface area (Å²) < 4.78 is 1.65. The number of aromatic nitrogens is 3. The number of rotatable bonds is 7. The lowest BCUT2D eigenvalue weighted by Crippen LogP contribution is -2.50. The quantitative estimate of drug-likeness (QED) is 0.575. The van der Waals surface area contributed by atoms with Crippen molar-refractivity contribution >= 4 is 17.6 Å². The van der Waals surface area contributed by atoms with E-state index >= 15 is 0 Å². The van der Waals surface area contributed by atoms with Gasteiger partial charge in [0.1, 0.15) is 6.04 Å². The third kappa shape index (κ3) is 5.65. The van der Waals surface area contributed by atoms with E-state index in [0.29, 0.717) is 18.1 Å². The molecular formula is C21H24N6O2. The average molecular weight is 392 g/mol. The van der Waals surface area contributed by atoms with Crippen LogP contribution in [0.3, 0.4) is 0 Å². The standard InChI is InChI=1S/C21H24N6O2/c1-15(2)19(26-21(29)25-17-7-4-3-5-8-17)20(28)23-14-16-9-11-22-18(13-16)27-12-6-10-24-27/h3-13,15,19H,14H2,1-2H3,(H,23,28)(H2,25,26,29)/t19-/m0/s1. The third-order valence-corrected chi connectivity index (χ3v) is 4.28. The van der Waals surface area contributed by atoms with Crippen LogP contribution in [0.5, 0.6) is 0 Å². The molecule has 3 amide bonds. The van der Waals surface area contributed by atoms with Gasteiger partial charge in [0.05, 0.1) is 0 Å². The second kappa shape index (κ2) is 9.50. The minimum atomic E-state index is -0.661. The van der Waals surface area contributed by atoms with Crippen LogP contribution in [0.15, 0.2) is 67.1 Å². The highest BCUT2D eigenvalue weighted by atomic mass is 16.2. The summed E-state index contributed by atoms with van der Waals surface area (Å²) in [5.74, 6) is 0.344. The van der Waals surface area contributed by atoms with Crippen molar-refractivity contribution in [2.24, 2.45) is 5.92 Å². The van der Waals surface area contributed by atoms with Gasteiger partial charge in [-0.2, -0.15) is 5.10 Å². The van der Waals surface area contributed by atoms with Crippen molar-refractivity contribution in [1.29, 1.82) is 0 Å². The van der Waals surface area contributed by atoms with Gasteiger partial charge in [0.2, 0.25) is 5.91 Å². The lowest BCUT2D eigenvalue weighted by atomic mass is 10.0. The van der Waals surface area contributed by atoms with Gasteiger partial charge < -0.3 is 16.0 Å². The molecule has 0 bridgehead atoms. The van der Waals surface area contributed by atoms with E-state index in [0.717, 1.165) is 5.56 Å². The minimum absolute atomic E-state index is 0.0754. The van der Waals surface area contributed by atoms with Crippen LogP contribution in [0.25, 0.3) is 5.82 Å². The third-order valence-electron chi connectivity index (χ3n) is 4.28. The molecule has 1 atom stereocenters. The number of nitrogens with zero attached hydrogens (tertiary/aromatic N) is 3. The Kier molecular flexibility index (Phi) is 6.57. The van der Waals surface area contributed by atoms with Gasteiger partial charge >= 0.3 is 6.03 Å². The van der Waals surface area contributed by atoms with Crippen LogP contribution in [0.4, 0.5) is 10.5 Å². The largest absolute Gasteiger partial charge is 0.350 e. The minimum Gasteiger partial charge on any atom is -0.350 e. The Morgan fingerprint density at radius 3 is 2.55 bits per heavy atom. The fourth-order valence-electron chi connectivity index (χ4n) is 2.76. The zero-order valence-corrected chi connectivity index (χ0v) is 16.4. The van der Waals surface area contributed by atoms with Crippen LogP contribution in [0.1, 0.15) is 19.4 Å². The number of urea groups is 1. The van der Waals surface area contributed by atoms with Crippen LogP contribution < -0.4 is 16.0 Å². The lowest BCUT2D eigenvalue weighted by molar-refractivity contribution is -0.124. The zero-order valence-electron chi connectivity index (χ0n) is 16.4. The Morgan fingerprint density at radius 1 is 1.07 bits per heavy atom. The molecule has 8 heteroatoms. The highest BCUT2D eigenvalue weighted by molar-refractivity contribution is 5.93. The first-order valence-electron chi connectivity index (χ1n) is 9.38. The molecule has 0 aliphatic rings. The van der Waals surface area contributed by atoms with E-state index < -0.39 is 12.1 Å². The van der Waals surface area contributed by atoms with Crippen molar-refractivity contribution < 1.29 is 9.59 Å². The zero-order chi connectivity index (χ0) is 20.6. The summed E-state index contributed by atoms with van der Waals surface area (Å²) in [5, 5.41) is 12.5. The second-order valence-electron chi connectivity index (χ2n) is 6.88. The molecule has 150 valence electrons. The molecule has 0 spiro atoms. The number of carbonyl (C=O) groups excluding carboxylic acids is 2. The molecule has 0 fully saturated rings. The Hall–Kier alpha value is -3.68. The molecule has 29 heavy (non-hydrogen) atoms. The molecule has 2 aromatic heterocycles. The maximum absolute atomic E-state index is 12.7. The molecule has 1 aromatic carbocycles. The summed E-state index contributed by atoms with van der Waals surface area (Å²) in [4.78, 5) is 29.2. The van der Waals surface area contributed by atoms with Crippen molar-refractivity contribution in [1.82, 2.24) is 25.4 Å². The smallest absolute Gasteiger partial charge is 0.319 e. The maximum Gasteiger partial charge on any atom is 0.319 e. The van der Waals surface area contributed by atoms with E-state index in [-0.39, 0.29) is 11.8 Å². The topological polar surface area (TPSA) is 101 Å². The summed E-state index contributed by atoms with van der Waals surface area (Å²) in [5.41, 5.74) is 1.55. The molecule has 2 heterocycles. The number of pyridine rings is 1. The van der Waals surface area contributed by atoms with Crippen LogP contribution in [0, 0.1) is 5.92 Å². The fraction of sp³-hybridized carbons (Fsp3) is 0.238. The van der Waals surface area contributed by atoms with Gasteiger partial charge in [-0.15, -0.1) is 0 Å². The van der Waals surface area contributed by atoms with E-state index in [1.165, 1.54) is 0 Å². The first kappa shape index (κ1) is 20.1. The number of carbonyl (C=O) groups is 2. The summed E-state index contributed by atoms with van der Waals surface area (Å²) in [7, 11) is 0. The van der Waals surface area contributed by atoms with Gasteiger partial charge in [-0.3, -0.25) is 4.79 Å². The van der Waals surface area contributed by atoms with Crippen LogP contribution in [0.2, 0.25) is 0 Å². The number of hydrogen-bond donors (Lipinski definition) is 3. The van der Waals surface area contributed by atoms with Gasteiger partial charge in [0, 0.05) is 30.8 Å². The first-order valence-corrected chi connectivity index (χ1v) is 9.38. The molecule has 0 saturated carbocycles. The van der Waals surface area contributed by atoms with E-state index in [1.54, 1.807) is 35.4 Å². The molecule has 0 aliphatic heterocycles. The molecular weight excluding hydrogens is 368 g/mol. The number of hydrogen-bond acceptors (Lipinski definition) is 4. The van der Waals surface area contributed by atoms with Gasteiger partial charge in [0.25, 0.3) is 0 Å². The monoisotopic (exact) mass is 392 g/mol. The van der Waals surface area contributed by atoms with Crippen LogP contribution in [-0.2, 0) is 11.3 Å². The van der Waals surface area contributed by atoms with Crippen molar-refractivity contribution in [2.75, 3.05) is 5.32 Å². The van der Waals surface area contributed by atoms with Crippen molar-refractivity contribution in [3.8, 4) is 5.82 Å². The van der Waals surface area contributed by atoms with Gasteiger partial charge in [-0.05, 0) is 41.8 Å². The lowest BCUT2D eigenvalue weighted by Gasteiger charge is -2.22. The number of benzene rings is 1. The molecule has 3 rings (SSSR count). The number of para-hydroxylation sites is 1. The molecule has 0 unspecified atom stereocenters. The Morgan fingerprint density at radius 2 is 1.86 bits per heavy atom. The highest BCUT2D eigenvalue weighted by Gasteiger charge is 2.24. The second-order valence-corrected chi connectivity index (χ2v) is 6.88. The molecule has 3 aromatic rings. The summed E-state index contributed by atoms with van der Waals surface area (Å²) >= 11 is 0.